The van der Waals surface area contributed by atoms with Gasteiger partial charge in [0.25, 0.3) is 11.7 Å². The highest BCUT2D eigenvalue weighted by Gasteiger charge is 2.46. The number of methoxy groups -OCH3 is 2. The number of Topliss-reactive ketones (excluding diaryl/α,β-unsaturated/α-hetero) is 1. The summed E-state index contributed by atoms with van der Waals surface area (Å²) in [5.41, 5.74) is 3.09. The van der Waals surface area contributed by atoms with E-state index in [2.05, 4.69) is 10.1 Å². The van der Waals surface area contributed by atoms with Crippen LogP contribution in [0.4, 0.5) is 0 Å². The summed E-state index contributed by atoms with van der Waals surface area (Å²) >= 11 is 0. The van der Waals surface area contributed by atoms with Gasteiger partial charge in [-0.3, -0.25) is 14.6 Å². The largest absolute Gasteiger partial charge is 0.507 e. The number of hydrogen-bond acceptors (Lipinski definition) is 7. The van der Waals surface area contributed by atoms with Crippen LogP contribution in [0.25, 0.3) is 11.4 Å². The molecule has 3 heterocycles. The average Bonchev–Trinajstić information content (AvgIpc) is 3.46. The molecule has 5 rings (SSSR count). The summed E-state index contributed by atoms with van der Waals surface area (Å²) in [5.74, 6) is -0.858. The van der Waals surface area contributed by atoms with Crippen molar-refractivity contribution in [2.24, 2.45) is 0 Å². The maximum atomic E-state index is 13.5. The van der Waals surface area contributed by atoms with Gasteiger partial charge in [-0.1, -0.05) is 30.3 Å². The minimum absolute atomic E-state index is 0.0261. The number of hydrogen-bond donors (Lipinski definition) is 1. The summed E-state index contributed by atoms with van der Waals surface area (Å²) in [6.07, 6.45) is 4.77. The van der Waals surface area contributed by atoms with E-state index < -0.39 is 17.7 Å². The maximum Gasteiger partial charge on any atom is 0.295 e. The van der Waals surface area contributed by atoms with Gasteiger partial charge in [0.05, 0.1) is 49.0 Å². The average molecular weight is 511 g/mol. The van der Waals surface area contributed by atoms with Crippen LogP contribution in [-0.2, 0) is 16.1 Å². The molecule has 1 amide bonds. The predicted octanol–water partition coefficient (Wildman–Crippen LogP) is 4.21. The number of nitrogens with zero attached hydrogens (tertiary/aromatic N) is 4. The third kappa shape index (κ3) is 4.28. The first-order valence-corrected chi connectivity index (χ1v) is 11.9. The Morgan fingerprint density at radius 3 is 2.42 bits per heavy atom. The van der Waals surface area contributed by atoms with Crippen molar-refractivity contribution in [1.29, 1.82) is 0 Å². The Labute approximate surface area is 219 Å². The van der Waals surface area contributed by atoms with Crippen molar-refractivity contribution in [3.8, 4) is 17.2 Å². The van der Waals surface area contributed by atoms with E-state index in [0.717, 1.165) is 11.3 Å². The van der Waals surface area contributed by atoms with E-state index in [1.54, 1.807) is 48.3 Å². The molecule has 0 spiro atoms. The van der Waals surface area contributed by atoms with Gasteiger partial charge in [0, 0.05) is 18.9 Å². The summed E-state index contributed by atoms with van der Waals surface area (Å²) in [7, 11) is 3.04. The molecule has 0 bridgehead atoms. The number of carbonyl (C=O) groups is 2. The Kier molecular flexibility index (Phi) is 6.66. The number of para-hydroxylation sites is 1. The molecule has 1 saturated heterocycles. The van der Waals surface area contributed by atoms with Gasteiger partial charge in [0.15, 0.2) is 11.5 Å². The predicted molar refractivity (Wildman–Crippen MR) is 140 cm³/mol. The molecule has 2 aromatic carbocycles. The number of ketones is 1. The Morgan fingerprint density at radius 1 is 0.974 bits per heavy atom. The number of likely N-dealkylation sites (tertiary alicyclic amines) is 1. The molecule has 4 aromatic rings. The zero-order chi connectivity index (χ0) is 26.8. The lowest BCUT2D eigenvalue weighted by Crippen LogP contribution is -2.29. The molecule has 1 fully saturated rings. The maximum absolute atomic E-state index is 13.5. The van der Waals surface area contributed by atoms with Crippen LogP contribution in [0.5, 0.6) is 11.5 Å². The quantitative estimate of drug-likeness (QED) is 0.225. The van der Waals surface area contributed by atoms with E-state index in [0.29, 0.717) is 28.3 Å². The third-order valence-corrected chi connectivity index (χ3v) is 6.60. The minimum Gasteiger partial charge on any atom is -0.507 e. The van der Waals surface area contributed by atoms with Crippen LogP contribution in [0.2, 0.25) is 0 Å². The summed E-state index contributed by atoms with van der Waals surface area (Å²) in [5, 5.41) is 16.0. The smallest absolute Gasteiger partial charge is 0.295 e. The highest BCUT2D eigenvalue weighted by molar-refractivity contribution is 6.46. The molecule has 0 radical (unpaired) electrons. The molecular weight excluding hydrogens is 484 g/mol. The monoisotopic (exact) mass is 510 g/mol. The zero-order valence-corrected chi connectivity index (χ0v) is 21.2. The van der Waals surface area contributed by atoms with Crippen LogP contribution in [0, 0.1) is 6.92 Å². The summed E-state index contributed by atoms with van der Waals surface area (Å²) in [6.45, 7) is 1.92. The Hall–Kier alpha value is -4.92. The van der Waals surface area contributed by atoms with E-state index in [1.165, 1.54) is 25.3 Å². The van der Waals surface area contributed by atoms with Gasteiger partial charge in [-0.2, -0.15) is 5.10 Å². The van der Waals surface area contributed by atoms with E-state index in [9.17, 15) is 14.7 Å². The topological polar surface area (TPSA) is 107 Å². The minimum atomic E-state index is -0.880. The first-order valence-electron chi connectivity index (χ1n) is 11.9. The molecule has 9 nitrogen and oxygen atoms in total. The van der Waals surface area contributed by atoms with Gasteiger partial charge in [0.2, 0.25) is 0 Å². The molecule has 0 aliphatic carbocycles. The van der Waals surface area contributed by atoms with Gasteiger partial charge in [0.1, 0.15) is 5.76 Å². The Bertz CT molecular complexity index is 1530. The first kappa shape index (κ1) is 24.8. The second-order valence-corrected chi connectivity index (χ2v) is 8.79. The molecule has 2 aromatic heterocycles. The highest BCUT2D eigenvalue weighted by atomic mass is 16.5. The highest BCUT2D eigenvalue weighted by Crippen LogP contribution is 2.43. The van der Waals surface area contributed by atoms with Crippen LogP contribution in [0.3, 0.4) is 0 Å². The van der Waals surface area contributed by atoms with Crippen molar-refractivity contribution in [2.45, 2.75) is 19.5 Å². The number of aromatic nitrogens is 3. The van der Waals surface area contributed by atoms with Gasteiger partial charge < -0.3 is 19.5 Å². The van der Waals surface area contributed by atoms with Crippen LogP contribution in [0.1, 0.15) is 28.4 Å². The normalized spacial score (nSPS) is 16.6. The van der Waals surface area contributed by atoms with Crippen molar-refractivity contribution >= 4 is 17.4 Å². The van der Waals surface area contributed by atoms with E-state index >= 15 is 0 Å². The summed E-state index contributed by atoms with van der Waals surface area (Å²) in [4.78, 5) is 32.4. The van der Waals surface area contributed by atoms with E-state index in [-0.39, 0.29) is 17.9 Å². The lowest BCUT2D eigenvalue weighted by molar-refractivity contribution is -0.140. The van der Waals surface area contributed by atoms with Crippen molar-refractivity contribution in [3.63, 3.8) is 0 Å². The van der Waals surface area contributed by atoms with Crippen LogP contribution < -0.4 is 9.47 Å². The van der Waals surface area contributed by atoms with Crippen LogP contribution >= 0.6 is 0 Å². The fourth-order valence-corrected chi connectivity index (χ4v) is 4.72. The lowest BCUT2D eigenvalue weighted by Gasteiger charge is -2.26. The van der Waals surface area contributed by atoms with Gasteiger partial charge >= 0.3 is 0 Å². The van der Waals surface area contributed by atoms with E-state index in [1.807, 2.05) is 36.4 Å². The van der Waals surface area contributed by atoms with Crippen molar-refractivity contribution in [3.05, 3.63) is 107 Å². The van der Waals surface area contributed by atoms with Crippen molar-refractivity contribution in [2.75, 3.05) is 14.2 Å². The molecule has 9 heteroatoms. The van der Waals surface area contributed by atoms with E-state index in [4.69, 9.17) is 9.47 Å². The van der Waals surface area contributed by atoms with Gasteiger partial charge in [-0.15, -0.1) is 0 Å². The summed E-state index contributed by atoms with van der Waals surface area (Å²) < 4.78 is 12.5. The molecule has 0 saturated carbocycles. The number of carbonyl (C=O) groups excluding carboxylic acids is 2. The Balaban J connectivity index is 1.67. The van der Waals surface area contributed by atoms with Crippen LogP contribution in [-0.4, -0.2) is 50.7 Å². The number of aliphatic hydroxyl groups excluding tert-OH is 1. The van der Waals surface area contributed by atoms with Gasteiger partial charge in [-0.25, -0.2) is 4.68 Å². The number of rotatable bonds is 7. The second kappa shape index (κ2) is 10.2. The number of ether oxygens (including phenoxy) is 2. The number of pyridine rings is 1. The molecule has 1 aliphatic rings. The Morgan fingerprint density at radius 2 is 1.74 bits per heavy atom. The fourth-order valence-electron chi connectivity index (χ4n) is 4.72. The molecule has 0 unspecified atom stereocenters. The fraction of sp³-hybridized carbons (Fsp3) is 0.172. The molecule has 1 atom stereocenters. The third-order valence-electron chi connectivity index (χ3n) is 6.60. The SMILES string of the molecule is COc1ccc([C@@H]2C(=C(O)c3cnn(-c4ccccc4)c3C)C(=O)C(=O)N2Cc2cccnc2)cc1OC. The standard InChI is InChI=1S/C29H26N4O5/c1-18-22(16-31-33(18)21-9-5-4-6-10-21)27(34)25-26(20-11-12-23(37-2)24(14-20)38-3)32(29(36)28(25)35)17-19-8-7-13-30-15-19/h4-16,26,34H,17H2,1-3H3/t26-/m1/s1. The van der Waals surface area contributed by atoms with Crippen molar-refractivity contribution in [1.82, 2.24) is 19.7 Å². The molecule has 192 valence electrons. The molecule has 1 aliphatic heterocycles. The zero-order valence-electron chi connectivity index (χ0n) is 21.2. The molecule has 38 heavy (non-hydrogen) atoms. The molecule has 1 N–H and O–H groups in total. The van der Waals surface area contributed by atoms with Crippen LogP contribution in [0.15, 0.2) is 84.8 Å². The molecular formula is C29H26N4O5. The first-order chi connectivity index (χ1) is 18.4. The van der Waals surface area contributed by atoms with Crippen molar-refractivity contribution < 1.29 is 24.2 Å². The number of benzene rings is 2. The second-order valence-electron chi connectivity index (χ2n) is 8.79. The number of aliphatic hydroxyl groups is 1. The lowest BCUT2D eigenvalue weighted by atomic mass is 9.95. The summed E-state index contributed by atoms with van der Waals surface area (Å²) in [6, 6.07) is 17.3. The number of amides is 1. The van der Waals surface area contributed by atoms with Gasteiger partial charge in [-0.05, 0) is 48.4 Å².